The van der Waals surface area contributed by atoms with Gasteiger partial charge in [-0.05, 0) is 49.9 Å². The van der Waals surface area contributed by atoms with Crippen molar-refractivity contribution in [2.24, 2.45) is 0 Å². The van der Waals surface area contributed by atoms with Crippen LogP contribution in [0.1, 0.15) is 42.9 Å². The van der Waals surface area contributed by atoms with Crippen molar-refractivity contribution in [3.8, 4) is 5.75 Å². The Morgan fingerprint density at radius 1 is 1.04 bits per heavy atom. The van der Waals surface area contributed by atoms with E-state index in [9.17, 15) is 8.42 Å². The summed E-state index contributed by atoms with van der Waals surface area (Å²) in [5.74, 6) is 0.772. The van der Waals surface area contributed by atoms with Crippen molar-refractivity contribution in [2.75, 3.05) is 6.61 Å². The first kappa shape index (κ1) is 22.0. The number of allylic oxidation sites excluding steroid dienone is 1. The van der Waals surface area contributed by atoms with Crippen LogP contribution in [0, 0.1) is 13.8 Å². The second kappa shape index (κ2) is 12.3. The highest BCUT2D eigenvalue weighted by Gasteiger charge is 2.11. The Bertz CT molecular complexity index is 741. The minimum Gasteiger partial charge on any atom is -0.493 e. The molecule has 0 heterocycles. The third kappa shape index (κ3) is 7.44. The third-order valence-corrected chi connectivity index (χ3v) is 4.83. The first-order valence-corrected chi connectivity index (χ1v) is 10.2. The Morgan fingerprint density at radius 2 is 1.73 bits per heavy atom. The van der Waals surface area contributed by atoms with Gasteiger partial charge >= 0.3 is 0 Å². The number of aryl methyl sites for hydroxylation is 1. The van der Waals surface area contributed by atoms with Crippen molar-refractivity contribution in [3.05, 3.63) is 71.8 Å². The van der Waals surface area contributed by atoms with E-state index in [2.05, 4.69) is 32.6 Å². The molecule has 0 spiro atoms. The summed E-state index contributed by atoms with van der Waals surface area (Å²) in [7, 11) is -2.58. The van der Waals surface area contributed by atoms with Gasteiger partial charge in [0.1, 0.15) is 5.75 Å². The fraction of sp³-hybridized carbons (Fsp3) is 0.364. The summed E-state index contributed by atoms with van der Waals surface area (Å²) in [6.07, 6.45) is 5.56. The molecule has 2 aromatic carbocycles. The van der Waals surface area contributed by atoms with Crippen LogP contribution < -0.4 is 4.74 Å². The molecule has 0 fully saturated rings. The van der Waals surface area contributed by atoms with Gasteiger partial charge in [0.05, 0.1) is 11.5 Å². The maximum atomic E-state index is 11.2. The van der Waals surface area contributed by atoms with E-state index in [1.165, 1.54) is 5.56 Å². The Kier molecular flexibility index (Phi) is 10.4. The molecule has 0 atom stereocenters. The molecule has 0 aliphatic carbocycles. The van der Waals surface area contributed by atoms with Crippen molar-refractivity contribution < 1.29 is 13.2 Å². The minimum absolute atomic E-state index is 0.369. The highest BCUT2D eigenvalue weighted by Crippen LogP contribution is 2.26. The number of unbranched alkanes of at least 4 members (excludes halogenated alkanes) is 2. The van der Waals surface area contributed by atoms with Crippen LogP contribution >= 0.6 is 0 Å². The van der Waals surface area contributed by atoms with Crippen molar-refractivity contribution in [1.82, 2.24) is 0 Å². The zero-order chi connectivity index (χ0) is 19.4. The number of hydrogen-bond acceptors (Lipinski definition) is 3. The van der Waals surface area contributed by atoms with E-state index >= 15 is 0 Å². The molecule has 3 nitrogen and oxygen atoms in total. The Morgan fingerprint density at radius 3 is 2.23 bits per heavy atom. The number of benzene rings is 2. The van der Waals surface area contributed by atoms with Gasteiger partial charge in [0, 0.05) is 0 Å². The molecule has 0 aliphatic heterocycles. The van der Waals surface area contributed by atoms with E-state index in [1.807, 2.05) is 25.1 Å². The highest BCUT2D eigenvalue weighted by molar-refractivity contribution is 7.72. The van der Waals surface area contributed by atoms with Gasteiger partial charge in [0.2, 0.25) is 0 Å². The molecule has 0 aliphatic rings. The summed E-state index contributed by atoms with van der Waals surface area (Å²) in [4.78, 5) is 0.369. The molecule has 0 aromatic heterocycles. The molecule has 0 N–H and O–H groups in total. The second-order valence-corrected chi connectivity index (χ2v) is 7.14. The standard InChI is InChI=1S/C15H22O3S.C7H8/c1-4-6-7-11-18-14-9-10-15(19(16)17)13(8-5-2)12(14)3;1-7-5-3-2-4-6-7/h5,9-10,19H,2,4,6-8,11H2,1,3H3;2-6H,1H3. The van der Waals surface area contributed by atoms with Gasteiger partial charge in [-0.25, -0.2) is 8.42 Å². The molecule has 4 heteroatoms. The Balaban J connectivity index is 0.000000401. The molecule has 0 amide bonds. The SMILES string of the molecule is C=CCc1c([SH](=O)=O)ccc(OCCCCC)c1C.Cc1ccccc1. The van der Waals surface area contributed by atoms with Crippen molar-refractivity contribution in [2.45, 2.75) is 51.3 Å². The van der Waals surface area contributed by atoms with E-state index in [-0.39, 0.29) is 0 Å². The van der Waals surface area contributed by atoms with E-state index in [0.29, 0.717) is 17.9 Å². The fourth-order valence-corrected chi connectivity index (χ4v) is 3.19. The average molecular weight is 375 g/mol. The summed E-state index contributed by atoms with van der Waals surface area (Å²) >= 11 is 0. The quantitative estimate of drug-likeness (QED) is 0.389. The van der Waals surface area contributed by atoms with Crippen LogP contribution in [0.4, 0.5) is 0 Å². The van der Waals surface area contributed by atoms with E-state index in [4.69, 9.17) is 4.74 Å². The lowest BCUT2D eigenvalue weighted by atomic mass is 10.0. The third-order valence-electron chi connectivity index (χ3n) is 4.02. The van der Waals surface area contributed by atoms with Gasteiger partial charge < -0.3 is 4.74 Å². The predicted molar refractivity (Wildman–Crippen MR) is 110 cm³/mol. The normalized spacial score (nSPS) is 10.2. The topological polar surface area (TPSA) is 43.4 Å². The molecular formula is C22H30O3S. The maximum absolute atomic E-state index is 11.2. The van der Waals surface area contributed by atoms with Gasteiger partial charge in [0.15, 0.2) is 10.7 Å². The average Bonchev–Trinajstić information content (AvgIpc) is 2.62. The van der Waals surface area contributed by atoms with Crippen molar-refractivity contribution in [3.63, 3.8) is 0 Å². The highest BCUT2D eigenvalue weighted by atomic mass is 32.2. The predicted octanol–water partition coefficient (Wildman–Crippen LogP) is 5.26. The monoisotopic (exact) mass is 374 g/mol. The molecular weight excluding hydrogens is 344 g/mol. The molecule has 0 bridgehead atoms. The lowest BCUT2D eigenvalue weighted by Crippen LogP contribution is -2.02. The minimum atomic E-state index is -2.58. The molecule has 0 saturated heterocycles. The summed E-state index contributed by atoms with van der Waals surface area (Å²) in [5.41, 5.74) is 3.01. The number of ether oxygens (including phenoxy) is 1. The van der Waals surface area contributed by atoms with Gasteiger partial charge in [-0.1, -0.05) is 61.7 Å². The summed E-state index contributed by atoms with van der Waals surface area (Å²) in [6.45, 7) is 10.5. The zero-order valence-electron chi connectivity index (χ0n) is 16.0. The first-order chi connectivity index (χ1) is 12.5. The van der Waals surface area contributed by atoms with Crippen LogP contribution in [0.25, 0.3) is 0 Å². The fourth-order valence-electron chi connectivity index (χ4n) is 2.52. The van der Waals surface area contributed by atoms with Crippen LogP contribution in [0.2, 0.25) is 0 Å². The molecule has 0 saturated carbocycles. The van der Waals surface area contributed by atoms with Crippen molar-refractivity contribution >= 4 is 10.7 Å². The number of hydrogen-bond donors (Lipinski definition) is 1. The maximum Gasteiger partial charge on any atom is 0.168 e. The zero-order valence-corrected chi connectivity index (χ0v) is 16.9. The molecule has 0 unspecified atom stereocenters. The molecule has 0 radical (unpaired) electrons. The van der Waals surface area contributed by atoms with E-state index in [0.717, 1.165) is 36.1 Å². The summed E-state index contributed by atoms with van der Waals surface area (Å²) in [5, 5.41) is 0. The number of rotatable bonds is 8. The van der Waals surface area contributed by atoms with E-state index in [1.54, 1.807) is 18.2 Å². The lowest BCUT2D eigenvalue weighted by molar-refractivity contribution is 0.304. The van der Waals surface area contributed by atoms with E-state index < -0.39 is 10.7 Å². The van der Waals surface area contributed by atoms with Crippen molar-refractivity contribution in [1.29, 1.82) is 0 Å². The first-order valence-electron chi connectivity index (χ1n) is 9.03. The van der Waals surface area contributed by atoms with Crippen LogP contribution in [-0.2, 0) is 17.1 Å². The van der Waals surface area contributed by atoms with Gasteiger partial charge in [-0.3, -0.25) is 0 Å². The number of thiol groups is 1. The second-order valence-electron chi connectivity index (χ2n) is 6.15. The van der Waals surface area contributed by atoms with Crippen LogP contribution in [0.3, 0.4) is 0 Å². The summed E-state index contributed by atoms with van der Waals surface area (Å²) in [6, 6.07) is 13.6. The Hall–Kier alpha value is -2.07. The van der Waals surface area contributed by atoms with Gasteiger partial charge in [-0.15, -0.1) is 6.58 Å². The molecule has 26 heavy (non-hydrogen) atoms. The molecule has 2 rings (SSSR count). The van der Waals surface area contributed by atoms with Gasteiger partial charge in [-0.2, -0.15) is 0 Å². The smallest absolute Gasteiger partial charge is 0.168 e. The van der Waals surface area contributed by atoms with Crippen LogP contribution in [0.5, 0.6) is 5.75 Å². The Labute approximate surface area is 159 Å². The molecule has 2 aromatic rings. The van der Waals surface area contributed by atoms with Crippen LogP contribution in [0.15, 0.2) is 60.0 Å². The van der Waals surface area contributed by atoms with Crippen LogP contribution in [-0.4, -0.2) is 15.0 Å². The lowest BCUT2D eigenvalue weighted by Gasteiger charge is -2.13. The largest absolute Gasteiger partial charge is 0.493 e. The van der Waals surface area contributed by atoms with Gasteiger partial charge in [0.25, 0.3) is 0 Å². The summed E-state index contributed by atoms with van der Waals surface area (Å²) < 4.78 is 28.2. The molecule has 142 valence electrons.